The summed E-state index contributed by atoms with van der Waals surface area (Å²) in [5, 5.41) is 12.7. The summed E-state index contributed by atoms with van der Waals surface area (Å²) in [4.78, 5) is 9.05. The van der Waals surface area contributed by atoms with Crippen molar-refractivity contribution in [2.75, 3.05) is 32.7 Å². The van der Waals surface area contributed by atoms with E-state index in [0.717, 1.165) is 57.8 Å². The molecule has 172 valence electrons. The SMILES string of the molecule is N#Cc1ccc(CN2CCN(CCCc3nc(-c4cccc(C(F)(F)F)c4)no3)CC2)cc1. The molecule has 0 amide bonds. The van der Waals surface area contributed by atoms with Crippen LogP contribution < -0.4 is 0 Å². The zero-order valence-electron chi connectivity index (χ0n) is 18.1. The molecule has 0 N–H and O–H groups in total. The monoisotopic (exact) mass is 455 g/mol. The van der Waals surface area contributed by atoms with Gasteiger partial charge in [0, 0.05) is 44.7 Å². The van der Waals surface area contributed by atoms with Crippen molar-refractivity contribution in [1.29, 1.82) is 5.26 Å². The van der Waals surface area contributed by atoms with Crippen LogP contribution >= 0.6 is 0 Å². The van der Waals surface area contributed by atoms with Gasteiger partial charge in [0.15, 0.2) is 0 Å². The molecule has 9 heteroatoms. The Morgan fingerprint density at radius 3 is 2.42 bits per heavy atom. The summed E-state index contributed by atoms with van der Waals surface area (Å²) in [6.07, 6.45) is -2.99. The van der Waals surface area contributed by atoms with E-state index in [2.05, 4.69) is 26.0 Å². The van der Waals surface area contributed by atoms with Gasteiger partial charge < -0.3 is 9.42 Å². The second-order valence-corrected chi connectivity index (χ2v) is 8.12. The van der Waals surface area contributed by atoms with E-state index in [1.165, 1.54) is 11.6 Å². The molecule has 0 bridgehead atoms. The van der Waals surface area contributed by atoms with Crippen LogP contribution in [0.3, 0.4) is 0 Å². The molecule has 6 nitrogen and oxygen atoms in total. The number of alkyl halides is 3. The zero-order valence-corrected chi connectivity index (χ0v) is 18.1. The first-order valence-electron chi connectivity index (χ1n) is 10.8. The van der Waals surface area contributed by atoms with Gasteiger partial charge in [-0.1, -0.05) is 29.4 Å². The first kappa shape index (κ1) is 23.0. The van der Waals surface area contributed by atoms with Crippen molar-refractivity contribution in [2.24, 2.45) is 0 Å². The fourth-order valence-electron chi connectivity index (χ4n) is 3.88. The molecule has 2 heterocycles. The molecule has 1 aliphatic heterocycles. The number of benzene rings is 2. The average molecular weight is 455 g/mol. The van der Waals surface area contributed by atoms with Crippen molar-refractivity contribution in [3.05, 3.63) is 71.1 Å². The average Bonchev–Trinajstić information content (AvgIpc) is 3.29. The molecule has 1 saturated heterocycles. The lowest BCUT2D eigenvalue weighted by Crippen LogP contribution is -2.46. The molecular formula is C24H24F3N5O. The smallest absolute Gasteiger partial charge is 0.339 e. The van der Waals surface area contributed by atoms with Gasteiger partial charge in [-0.2, -0.15) is 23.4 Å². The van der Waals surface area contributed by atoms with Gasteiger partial charge in [0.25, 0.3) is 0 Å². The Balaban J connectivity index is 1.21. The minimum Gasteiger partial charge on any atom is -0.339 e. The van der Waals surface area contributed by atoms with Crippen LogP contribution in [0.25, 0.3) is 11.4 Å². The molecule has 1 fully saturated rings. The lowest BCUT2D eigenvalue weighted by Gasteiger charge is -2.34. The van der Waals surface area contributed by atoms with Gasteiger partial charge in [-0.15, -0.1) is 0 Å². The topological polar surface area (TPSA) is 69.2 Å². The van der Waals surface area contributed by atoms with Crippen molar-refractivity contribution in [3.63, 3.8) is 0 Å². The Hall–Kier alpha value is -3.22. The second kappa shape index (κ2) is 10.1. The zero-order chi connectivity index (χ0) is 23.3. The van der Waals surface area contributed by atoms with Gasteiger partial charge >= 0.3 is 6.18 Å². The first-order chi connectivity index (χ1) is 15.9. The third kappa shape index (κ3) is 6.18. The van der Waals surface area contributed by atoms with E-state index in [-0.39, 0.29) is 5.82 Å². The maximum atomic E-state index is 12.9. The minimum absolute atomic E-state index is 0.174. The van der Waals surface area contributed by atoms with Gasteiger partial charge in [0.1, 0.15) is 0 Å². The van der Waals surface area contributed by atoms with E-state index in [1.54, 1.807) is 6.07 Å². The summed E-state index contributed by atoms with van der Waals surface area (Å²) in [5.74, 6) is 0.606. The van der Waals surface area contributed by atoms with E-state index < -0.39 is 11.7 Å². The molecule has 0 unspecified atom stereocenters. The summed E-state index contributed by atoms with van der Waals surface area (Å²) >= 11 is 0. The minimum atomic E-state index is -4.41. The standard InChI is InChI=1S/C24H24F3N5O/c25-24(26,27)21-4-1-3-20(15-21)23-29-22(33-30-23)5-2-10-31-11-13-32(14-12-31)17-19-8-6-18(16-28)7-9-19/h1,3-4,6-9,15H,2,5,10-14,17H2. The van der Waals surface area contributed by atoms with Gasteiger partial charge in [-0.05, 0) is 42.8 Å². The lowest BCUT2D eigenvalue weighted by atomic mass is 10.1. The highest BCUT2D eigenvalue weighted by Gasteiger charge is 2.30. The fourth-order valence-corrected chi connectivity index (χ4v) is 3.88. The largest absolute Gasteiger partial charge is 0.416 e. The van der Waals surface area contributed by atoms with Crippen LogP contribution in [0.1, 0.15) is 29.0 Å². The number of halogens is 3. The van der Waals surface area contributed by atoms with E-state index >= 15 is 0 Å². The molecule has 1 aromatic heterocycles. The molecule has 3 aromatic rings. The van der Waals surface area contributed by atoms with Crippen molar-refractivity contribution in [2.45, 2.75) is 25.6 Å². The molecule has 0 spiro atoms. The van der Waals surface area contributed by atoms with E-state index in [0.29, 0.717) is 23.4 Å². The predicted octanol–water partition coefficient (Wildman–Crippen LogP) is 4.38. The van der Waals surface area contributed by atoms with Crippen molar-refractivity contribution < 1.29 is 17.7 Å². The Kier molecular flexibility index (Phi) is 7.06. The predicted molar refractivity (Wildman–Crippen MR) is 116 cm³/mol. The molecule has 0 saturated carbocycles. The Labute approximate surface area is 190 Å². The number of hydrogen-bond donors (Lipinski definition) is 0. The molecule has 1 aliphatic rings. The number of nitriles is 1. The van der Waals surface area contributed by atoms with Crippen LogP contribution in [-0.4, -0.2) is 52.7 Å². The Morgan fingerprint density at radius 1 is 1.00 bits per heavy atom. The summed E-state index contributed by atoms with van der Waals surface area (Å²) in [6, 6.07) is 14.8. The fraction of sp³-hybridized carbons (Fsp3) is 0.375. The molecular weight excluding hydrogens is 431 g/mol. The number of aromatic nitrogens is 2. The van der Waals surface area contributed by atoms with Crippen LogP contribution in [0.15, 0.2) is 53.1 Å². The second-order valence-electron chi connectivity index (χ2n) is 8.12. The molecule has 0 atom stereocenters. The van der Waals surface area contributed by atoms with Crippen LogP contribution in [0.2, 0.25) is 0 Å². The molecule has 0 aliphatic carbocycles. The van der Waals surface area contributed by atoms with Gasteiger partial charge in [-0.3, -0.25) is 4.90 Å². The van der Waals surface area contributed by atoms with E-state index in [4.69, 9.17) is 9.78 Å². The van der Waals surface area contributed by atoms with E-state index in [9.17, 15) is 13.2 Å². The number of nitrogens with zero attached hydrogens (tertiary/aromatic N) is 5. The summed E-state index contributed by atoms with van der Waals surface area (Å²) in [7, 11) is 0. The molecule has 4 rings (SSSR count). The third-order valence-electron chi connectivity index (χ3n) is 5.74. The maximum absolute atomic E-state index is 12.9. The Morgan fingerprint density at radius 2 is 1.73 bits per heavy atom. The van der Waals surface area contributed by atoms with Gasteiger partial charge in [-0.25, -0.2) is 0 Å². The lowest BCUT2D eigenvalue weighted by molar-refractivity contribution is -0.137. The highest BCUT2D eigenvalue weighted by Crippen LogP contribution is 2.31. The quantitative estimate of drug-likeness (QED) is 0.527. The van der Waals surface area contributed by atoms with Crippen molar-refractivity contribution in [1.82, 2.24) is 19.9 Å². The highest BCUT2D eigenvalue weighted by atomic mass is 19.4. The Bertz CT molecular complexity index is 1100. The van der Waals surface area contributed by atoms with Gasteiger partial charge in [0.2, 0.25) is 11.7 Å². The van der Waals surface area contributed by atoms with Crippen LogP contribution in [0.5, 0.6) is 0 Å². The normalized spacial score (nSPS) is 15.5. The van der Waals surface area contributed by atoms with E-state index in [1.807, 2.05) is 24.3 Å². The van der Waals surface area contributed by atoms with Gasteiger partial charge in [0.05, 0.1) is 17.2 Å². The number of rotatable bonds is 7. The number of hydrogen-bond acceptors (Lipinski definition) is 6. The summed E-state index contributed by atoms with van der Waals surface area (Å²) < 4.78 is 44.0. The summed E-state index contributed by atoms with van der Waals surface area (Å²) in [6.45, 7) is 5.65. The first-order valence-corrected chi connectivity index (χ1v) is 10.8. The molecule has 0 radical (unpaired) electrons. The van der Waals surface area contributed by atoms with Crippen LogP contribution in [-0.2, 0) is 19.1 Å². The molecule has 33 heavy (non-hydrogen) atoms. The van der Waals surface area contributed by atoms with Crippen molar-refractivity contribution in [3.8, 4) is 17.5 Å². The third-order valence-corrected chi connectivity index (χ3v) is 5.74. The number of aryl methyl sites for hydroxylation is 1. The molecule has 2 aromatic carbocycles. The number of piperazine rings is 1. The highest BCUT2D eigenvalue weighted by molar-refractivity contribution is 5.55. The van der Waals surface area contributed by atoms with Crippen LogP contribution in [0.4, 0.5) is 13.2 Å². The van der Waals surface area contributed by atoms with Crippen LogP contribution in [0, 0.1) is 11.3 Å². The van der Waals surface area contributed by atoms with Crippen molar-refractivity contribution >= 4 is 0 Å². The summed E-state index contributed by atoms with van der Waals surface area (Å²) in [5.41, 5.74) is 1.44. The maximum Gasteiger partial charge on any atom is 0.416 e.